The molecular formula is C16H11N3O3S. The maximum atomic E-state index is 12.0. The van der Waals surface area contributed by atoms with Crippen molar-refractivity contribution in [1.82, 2.24) is 4.98 Å². The van der Waals surface area contributed by atoms with Crippen LogP contribution in [0.25, 0.3) is 0 Å². The summed E-state index contributed by atoms with van der Waals surface area (Å²) in [5.74, 6) is 0.998. The number of rotatable bonds is 5. The van der Waals surface area contributed by atoms with Gasteiger partial charge in [0.05, 0.1) is 0 Å². The molecule has 3 rings (SSSR count). The Kier molecular flexibility index (Phi) is 4.36. The maximum absolute atomic E-state index is 12.0. The number of amides is 1. The Bertz CT molecular complexity index is 849. The first-order valence-electron chi connectivity index (χ1n) is 6.68. The SMILES string of the molecule is N#Cc1csc(NC(=O)c2ccc(COc3ccccc3)o2)n1. The molecule has 0 radical (unpaired) electrons. The highest BCUT2D eigenvalue weighted by Gasteiger charge is 2.13. The molecule has 0 aliphatic heterocycles. The highest BCUT2D eigenvalue weighted by molar-refractivity contribution is 7.14. The molecule has 0 aliphatic carbocycles. The molecule has 23 heavy (non-hydrogen) atoms. The second-order valence-corrected chi connectivity index (χ2v) is 5.33. The lowest BCUT2D eigenvalue weighted by Gasteiger charge is -2.03. The van der Waals surface area contributed by atoms with Crippen LogP contribution in [0.5, 0.6) is 5.75 Å². The average Bonchev–Trinajstić information content (AvgIpc) is 3.23. The number of hydrogen-bond acceptors (Lipinski definition) is 6. The molecule has 114 valence electrons. The fraction of sp³-hybridized carbons (Fsp3) is 0.0625. The zero-order chi connectivity index (χ0) is 16.1. The second-order valence-electron chi connectivity index (χ2n) is 4.47. The van der Waals surface area contributed by atoms with Gasteiger partial charge in [0.2, 0.25) is 0 Å². The molecular weight excluding hydrogens is 314 g/mol. The third kappa shape index (κ3) is 3.75. The third-order valence-corrected chi connectivity index (χ3v) is 3.61. The molecule has 0 bridgehead atoms. The number of para-hydroxylation sites is 1. The Hall–Kier alpha value is -3.11. The number of thiazole rings is 1. The number of nitrogens with one attached hydrogen (secondary N) is 1. The second kappa shape index (κ2) is 6.77. The van der Waals surface area contributed by atoms with Crippen molar-refractivity contribution in [3.05, 3.63) is 65.1 Å². The van der Waals surface area contributed by atoms with E-state index < -0.39 is 5.91 Å². The molecule has 0 fully saturated rings. The van der Waals surface area contributed by atoms with E-state index in [0.717, 1.165) is 5.75 Å². The van der Waals surface area contributed by atoms with E-state index in [2.05, 4.69) is 10.3 Å². The van der Waals surface area contributed by atoms with Crippen molar-refractivity contribution in [2.24, 2.45) is 0 Å². The van der Waals surface area contributed by atoms with Crippen LogP contribution >= 0.6 is 11.3 Å². The van der Waals surface area contributed by atoms with Crippen LogP contribution in [0, 0.1) is 11.3 Å². The number of furan rings is 1. The normalized spacial score (nSPS) is 10.0. The van der Waals surface area contributed by atoms with E-state index in [0.29, 0.717) is 10.9 Å². The van der Waals surface area contributed by atoms with Crippen molar-refractivity contribution < 1.29 is 13.9 Å². The summed E-state index contributed by atoms with van der Waals surface area (Å²) in [5, 5.41) is 13.2. The van der Waals surface area contributed by atoms with Gasteiger partial charge in [0.15, 0.2) is 16.6 Å². The molecule has 0 saturated heterocycles. The van der Waals surface area contributed by atoms with E-state index >= 15 is 0 Å². The van der Waals surface area contributed by atoms with Crippen LogP contribution in [0.15, 0.2) is 52.3 Å². The zero-order valence-electron chi connectivity index (χ0n) is 11.9. The van der Waals surface area contributed by atoms with Crippen LogP contribution in [0.2, 0.25) is 0 Å². The van der Waals surface area contributed by atoms with Crippen molar-refractivity contribution in [2.75, 3.05) is 5.32 Å². The lowest BCUT2D eigenvalue weighted by molar-refractivity contribution is 0.0992. The van der Waals surface area contributed by atoms with E-state index in [4.69, 9.17) is 14.4 Å². The van der Waals surface area contributed by atoms with Gasteiger partial charge in [-0.05, 0) is 24.3 Å². The van der Waals surface area contributed by atoms with Gasteiger partial charge in [-0.1, -0.05) is 18.2 Å². The number of nitrogens with zero attached hydrogens (tertiary/aromatic N) is 2. The van der Waals surface area contributed by atoms with E-state index in [1.165, 1.54) is 11.3 Å². The van der Waals surface area contributed by atoms with Gasteiger partial charge in [0, 0.05) is 5.38 Å². The summed E-state index contributed by atoms with van der Waals surface area (Å²) in [4.78, 5) is 16.0. The van der Waals surface area contributed by atoms with E-state index in [-0.39, 0.29) is 18.1 Å². The van der Waals surface area contributed by atoms with Gasteiger partial charge in [-0.2, -0.15) is 5.26 Å². The van der Waals surface area contributed by atoms with Crippen LogP contribution < -0.4 is 10.1 Å². The molecule has 0 spiro atoms. The minimum atomic E-state index is -0.421. The number of nitriles is 1. The summed E-state index contributed by atoms with van der Waals surface area (Å²) in [6.45, 7) is 0.229. The standard InChI is InChI=1S/C16H11N3O3S/c17-8-11-10-23-16(18-11)19-15(20)14-7-6-13(22-14)9-21-12-4-2-1-3-5-12/h1-7,10H,9H2,(H,18,19,20). The van der Waals surface area contributed by atoms with E-state index in [9.17, 15) is 4.79 Å². The molecule has 2 aromatic heterocycles. The molecule has 0 unspecified atom stereocenters. The van der Waals surface area contributed by atoms with Gasteiger partial charge in [-0.3, -0.25) is 10.1 Å². The van der Waals surface area contributed by atoms with Crippen molar-refractivity contribution in [3.8, 4) is 11.8 Å². The predicted molar refractivity (Wildman–Crippen MR) is 84.3 cm³/mol. The fourth-order valence-corrected chi connectivity index (χ4v) is 2.42. The number of carbonyl (C=O) groups excluding carboxylic acids is 1. The smallest absolute Gasteiger partial charge is 0.293 e. The van der Waals surface area contributed by atoms with Gasteiger partial charge >= 0.3 is 0 Å². The Balaban J connectivity index is 1.60. The fourth-order valence-electron chi connectivity index (χ4n) is 1.79. The minimum absolute atomic E-state index is 0.158. The Labute approximate surface area is 136 Å². The van der Waals surface area contributed by atoms with Crippen LogP contribution in [-0.2, 0) is 6.61 Å². The van der Waals surface area contributed by atoms with Gasteiger partial charge in [0.25, 0.3) is 5.91 Å². The average molecular weight is 325 g/mol. The summed E-state index contributed by atoms with van der Waals surface area (Å²) in [6, 6.07) is 14.5. The van der Waals surface area contributed by atoms with Crippen LogP contribution in [0.3, 0.4) is 0 Å². The summed E-state index contributed by atoms with van der Waals surface area (Å²) in [5.41, 5.74) is 0.265. The summed E-state index contributed by atoms with van der Waals surface area (Å²) in [6.07, 6.45) is 0. The number of ether oxygens (including phenoxy) is 1. The maximum Gasteiger partial charge on any atom is 0.293 e. The topological polar surface area (TPSA) is 88.2 Å². The van der Waals surface area contributed by atoms with Crippen molar-refractivity contribution >= 4 is 22.4 Å². The highest BCUT2D eigenvalue weighted by Crippen LogP contribution is 2.18. The number of carbonyl (C=O) groups is 1. The number of benzene rings is 1. The number of aromatic nitrogens is 1. The molecule has 0 saturated carbocycles. The summed E-state index contributed by atoms with van der Waals surface area (Å²) >= 11 is 1.18. The first-order valence-corrected chi connectivity index (χ1v) is 7.56. The quantitative estimate of drug-likeness (QED) is 0.776. The first kappa shape index (κ1) is 14.8. The molecule has 1 N–H and O–H groups in total. The number of anilines is 1. The van der Waals surface area contributed by atoms with Crippen molar-refractivity contribution in [1.29, 1.82) is 5.26 Å². The molecule has 0 aliphatic rings. The van der Waals surface area contributed by atoms with Crippen LogP contribution in [0.4, 0.5) is 5.13 Å². The van der Waals surface area contributed by atoms with Crippen LogP contribution in [0.1, 0.15) is 22.0 Å². The predicted octanol–water partition coefficient (Wildman–Crippen LogP) is 3.44. The van der Waals surface area contributed by atoms with E-state index in [1.54, 1.807) is 17.5 Å². The Morgan fingerprint density at radius 1 is 1.30 bits per heavy atom. The monoisotopic (exact) mass is 325 g/mol. The third-order valence-electron chi connectivity index (χ3n) is 2.85. The molecule has 1 amide bonds. The van der Waals surface area contributed by atoms with E-state index in [1.807, 2.05) is 36.4 Å². The molecule has 3 aromatic rings. The van der Waals surface area contributed by atoms with Gasteiger partial charge in [-0.25, -0.2) is 4.98 Å². The highest BCUT2D eigenvalue weighted by atomic mass is 32.1. The number of hydrogen-bond donors (Lipinski definition) is 1. The molecule has 2 heterocycles. The van der Waals surface area contributed by atoms with Gasteiger partial charge < -0.3 is 9.15 Å². The van der Waals surface area contributed by atoms with Crippen molar-refractivity contribution in [3.63, 3.8) is 0 Å². The molecule has 6 nitrogen and oxygen atoms in total. The Morgan fingerprint density at radius 2 is 2.13 bits per heavy atom. The Morgan fingerprint density at radius 3 is 2.87 bits per heavy atom. The summed E-state index contributed by atoms with van der Waals surface area (Å²) < 4.78 is 11.0. The van der Waals surface area contributed by atoms with Gasteiger partial charge in [-0.15, -0.1) is 11.3 Å². The zero-order valence-corrected chi connectivity index (χ0v) is 12.7. The minimum Gasteiger partial charge on any atom is -0.486 e. The molecule has 1 aromatic carbocycles. The summed E-state index contributed by atoms with van der Waals surface area (Å²) in [7, 11) is 0. The first-order chi connectivity index (χ1) is 11.2. The molecule has 7 heteroatoms. The lowest BCUT2D eigenvalue weighted by atomic mass is 10.3. The van der Waals surface area contributed by atoms with Crippen LogP contribution in [-0.4, -0.2) is 10.9 Å². The van der Waals surface area contributed by atoms with Crippen molar-refractivity contribution in [2.45, 2.75) is 6.61 Å². The molecule has 0 atom stereocenters. The van der Waals surface area contributed by atoms with Gasteiger partial charge in [0.1, 0.15) is 24.2 Å². The lowest BCUT2D eigenvalue weighted by Crippen LogP contribution is -2.10. The largest absolute Gasteiger partial charge is 0.486 e.